The third-order valence-electron chi connectivity index (χ3n) is 4.14. The summed E-state index contributed by atoms with van der Waals surface area (Å²) in [6.45, 7) is 4.62. The highest BCUT2D eigenvalue weighted by molar-refractivity contribution is 6.30. The summed E-state index contributed by atoms with van der Waals surface area (Å²) in [5.74, 6) is 1.15. The Morgan fingerprint density at radius 1 is 1.42 bits per heavy atom. The molecule has 0 aromatic carbocycles. The SMILES string of the molecule is CCN1CCCCC1Cc1ncc2cc(Cl)ccn12. The van der Waals surface area contributed by atoms with Gasteiger partial charge in [0, 0.05) is 23.7 Å². The number of likely N-dealkylation sites (tertiary alicyclic amines) is 1. The first-order chi connectivity index (χ1) is 9.28. The van der Waals surface area contributed by atoms with Crippen molar-refractivity contribution >= 4 is 17.1 Å². The molecule has 3 heterocycles. The van der Waals surface area contributed by atoms with Crippen molar-refractivity contribution in [2.75, 3.05) is 13.1 Å². The number of nitrogens with zero attached hydrogens (tertiary/aromatic N) is 3. The molecule has 2 aromatic rings. The van der Waals surface area contributed by atoms with Crippen LogP contribution >= 0.6 is 11.6 Å². The fourth-order valence-electron chi connectivity index (χ4n) is 3.10. The summed E-state index contributed by atoms with van der Waals surface area (Å²) in [7, 11) is 0. The molecule has 0 spiro atoms. The molecular formula is C15H20ClN3. The summed E-state index contributed by atoms with van der Waals surface area (Å²) in [5, 5.41) is 0.770. The highest BCUT2D eigenvalue weighted by Gasteiger charge is 2.22. The first-order valence-electron chi connectivity index (χ1n) is 7.13. The molecule has 0 N–H and O–H groups in total. The predicted octanol–water partition coefficient (Wildman–Crippen LogP) is 3.40. The molecule has 1 aliphatic rings. The summed E-state index contributed by atoms with van der Waals surface area (Å²) < 4.78 is 2.16. The number of piperidine rings is 1. The van der Waals surface area contributed by atoms with Gasteiger partial charge in [0.2, 0.25) is 0 Å². The van der Waals surface area contributed by atoms with Crippen molar-refractivity contribution in [1.82, 2.24) is 14.3 Å². The van der Waals surface area contributed by atoms with Crippen LogP contribution in [0.5, 0.6) is 0 Å². The maximum Gasteiger partial charge on any atom is 0.114 e. The van der Waals surface area contributed by atoms with Gasteiger partial charge in [-0.1, -0.05) is 24.9 Å². The Hall–Kier alpha value is -1.06. The van der Waals surface area contributed by atoms with Gasteiger partial charge in [0.05, 0.1) is 11.7 Å². The molecule has 1 atom stereocenters. The number of hydrogen-bond acceptors (Lipinski definition) is 2. The van der Waals surface area contributed by atoms with E-state index in [0.29, 0.717) is 6.04 Å². The number of halogens is 1. The zero-order valence-electron chi connectivity index (χ0n) is 11.3. The average Bonchev–Trinajstić information content (AvgIpc) is 2.82. The second kappa shape index (κ2) is 5.51. The molecule has 2 aromatic heterocycles. The fourth-order valence-corrected chi connectivity index (χ4v) is 3.27. The zero-order valence-corrected chi connectivity index (χ0v) is 12.1. The molecule has 3 rings (SSSR count). The first kappa shape index (κ1) is 12.9. The first-order valence-corrected chi connectivity index (χ1v) is 7.51. The average molecular weight is 278 g/mol. The van der Waals surface area contributed by atoms with Gasteiger partial charge in [0.15, 0.2) is 0 Å². The molecule has 1 unspecified atom stereocenters. The number of aromatic nitrogens is 2. The lowest BCUT2D eigenvalue weighted by Crippen LogP contribution is -2.40. The van der Waals surface area contributed by atoms with Gasteiger partial charge in [-0.05, 0) is 38.1 Å². The lowest BCUT2D eigenvalue weighted by Gasteiger charge is -2.34. The minimum atomic E-state index is 0.639. The normalized spacial score (nSPS) is 21.1. The molecule has 1 fully saturated rings. The van der Waals surface area contributed by atoms with Gasteiger partial charge < -0.3 is 9.30 Å². The van der Waals surface area contributed by atoms with Crippen LogP contribution in [0.4, 0.5) is 0 Å². The smallest absolute Gasteiger partial charge is 0.114 e. The molecular weight excluding hydrogens is 258 g/mol. The van der Waals surface area contributed by atoms with E-state index >= 15 is 0 Å². The molecule has 0 amide bonds. The van der Waals surface area contributed by atoms with Crippen molar-refractivity contribution in [3.8, 4) is 0 Å². The van der Waals surface area contributed by atoms with Crippen molar-refractivity contribution in [1.29, 1.82) is 0 Å². The molecule has 102 valence electrons. The lowest BCUT2D eigenvalue weighted by molar-refractivity contribution is 0.153. The Labute approximate surface area is 119 Å². The predicted molar refractivity (Wildman–Crippen MR) is 78.8 cm³/mol. The van der Waals surface area contributed by atoms with E-state index in [4.69, 9.17) is 11.6 Å². The lowest BCUT2D eigenvalue weighted by atomic mass is 9.99. The summed E-state index contributed by atoms with van der Waals surface area (Å²) in [6.07, 6.45) is 8.94. The van der Waals surface area contributed by atoms with Crippen LogP contribution in [0.15, 0.2) is 24.5 Å². The number of imidazole rings is 1. The molecule has 4 heteroatoms. The number of rotatable bonds is 3. The van der Waals surface area contributed by atoms with E-state index in [0.717, 1.165) is 29.3 Å². The Morgan fingerprint density at radius 3 is 3.16 bits per heavy atom. The van der Waals surface area contributed by atoms with Gasteiger partial charge in [0.25, 0.3) is 0 Å². The highest BCUT2D eigenvalue weighted by Crippen LogP contribution is 2.21. The number of likely N-dealkylation sites (N-methyl/N-ethyl adjacent to an activating group) is 1. The van der Waals surface area contributed by atoms with Crippen LogP contribution in [0, 0.1) is 0 Å². The van der Waals surface area contributed by atoms with Crippen LogP contribution in [0.1, 0.15) is 32.0 Å². The molecule has 0 saturated carbocycles. The van der Waals surface area contributed by atoms with E-state index in [1.807, 2.05) is 24.5 Å². The standard InChI is InChI=1S/C15H20ClN3/c1-2-18-7-4-3-5-13(18)10-15-17-11-14-9-12(16)6-8-19(14)15/h6,8-9,11,13H,2-5,7,10H2,1H3. The van der Waals surface area contributed by atoms with Crippen LogP contribution in [0.3, 0.4) is 0 Å². The quantitative estimate of drug-likeness (QED) is 0.857. The number of pyridine rings is 1. The van der Waals surface area contributed by atoms with E-state index in [-0.39, 0.29) is 0 Å². The van der Waals surface area contributed by atoms with Crippen molar-refractivity contribution < 1.29 is 0 Å². The van der Waals surface area contributed by atoms with Gasteiger partial charge in [0.1, 0.15) is 5.82 Å². The van der Waals surface area contributed by atoms with Gasteiger partial charge in [-0.2, -0.15) is 0 Å². The zero-order chi connectivity index (χ0) is 13.2. The van der Waals surface area contributed by atoms with Crippen LogP contribution in [0.2, 0.25) is 5.02 Å². The summed E-state index contributed by atoms with van der Waals surface area (Å²) >= 11 is 6.02. The molecule has 19 heavy (non-hydrogen) atoms. The Balaban J connectivity index is 1.84. The van der Waals surface area contributed by atoms with Crippen molar-refractivity contribution in [3.05, 3.63) is 35.4 Å². The van der Waals surface area contributed by atoms with Gasteiger partial charge in [-0.3, -0.25) is 0 Å². The third kappa shape index (κ3) is 2.63. The van der Waals surface area contributed by atoms with Gasteiger partial charge in [-0.25, -0.2) is 4.98 Å². The Morgan fingerprint density at radius 2 is 2.32 bits per heavy atom. The van der Waals surface area contributed by atoms with Crippen LogP contribution < -0.4 is 0 Å². The molecule has 1 saturated heterocycles. The Bertz CT molecular complexity index is 564. The van der Waals surface area contributed by atoms with E-state index in [2.05, 4.69) is 21.2 Å². The van der Waals surface area contributed by atoms with Gasteiger partial charge in [-0.15, -0.1) is 0 Å². The second-order valence-electron chi connectivity index (χ2n) is 5.30. The van der Waals surface area contributed by atoms with E-state index in [1.165, 1.54) is 25.8 Å². The van der Waals surface area contributed by atoms with Gasteiger partial charge >= 0.3 is 0 Å². The third-order valence-corrected chi connectivity index (χ3v) is 4.38. The van der Waals surface area contributed by atoms with E-state index in [1.54, 1.807) is 0 Å². The molecule has 1 aliphatic heterocycles. The van der Waals surface area contributed by atoms with Crippen molar-refractivity contribution in [3.63, 3.8) is 0 Å². The number of fused-ring (bicyclic) bond motifs is 1. The molecule has 0 bridgehead atoms. The van der Waals surface area contributed by atoms with E-state index in [9.17, 15) is 0 Å². The van der Waals surface area contributed by atoms with Crippen molar-refractivity contribution in [2.45, 2.75) is 38.6 Å². The van der Waals surface area contributed by atoms with Crippen LogP contribution in [-0.2, 0) is 6.42 Å². The highest BCUT2D eigenvalue weighted by atomic mass is 35.5. The van der Waals surface area contributed by atoms with Crippen LogP contribution in [0.25, 0.3) is 5.52 Å². The summed E-state index contributed by atoms with van der Waals surface area (Å²) in [6, 6.07) is 4.54. The van der Waals surface area contributed by atoms with Crippen LogP contribution in [-0.4, -0.2) is 33.4 Å². The fraction of sp³-hybridized carbons (Fsp3) is 0.533. The summed E-state index contributed by atoms with van der Waals surface area (Å²) in [5.41, 5.74) is 1.08. The minimum absolute atomic E-state index is 0.639. The maximum atomic E-state index is 6.02. The maximum absolute atomic E-state index is 6.02. The summed E-state index contributed by atoms with van der Waals surface area (Å²) in [4.78, 5) is 7.16. The monoisotopic (exact) mass is 277 g/mol. The molecule has 3 nitrogen and oxygen atoms in total. The topological polar surface area (TPSA) is 20.5 Å². The van der Waals surface area contributed by atoms with E-state index < -0.39 is 0 Å². The largest absolute Gasteiger partial charge is 0.304 e. The minimum Gasteiger partial charge on any atom is -0.304 e. The molecule has 0 aliphatic carbocycles. The Kier molecular flexibility index (Phi) is 3.76. The van der Waals surface area contributed by atoms with Crippen molar-refractivity contribution in [2.24, 2.45) is 0 Å². The second-order valence-corrected chi connectivity index (χ2v) is 5.73. The number of hydrogen-bond donors (Lipinski definition) is 0. The molecule has 0 radical (unpaired) electrons.